The van der Waals surface area contributed by atoms with Crippen molar-refractivity contribution < 1.29 is 9.53 Å². The number of benzene rings is 2. The van der Waals surface area contributed by atoms with Crippen LogP contribution in [0.2, 0.25) is 0 Å². The molecule has 0 saturated carbocycles. The van der Waals surface area contributed by atoms with E-state index in [4.69, 9.17) is 10.5 Å². The standard InChI is InChI=1S/C15H14N2O2/c1-17-13-5-3-9(15(18)19-2)7-11(13)12-8-10(16)4-6-14(12)17/h3-8H,16H2,1-2H3. The molecule has 3 aromatic rings. The fourth-order valence-electron chi connectivity index (χ4n) is 2.48. The van der Waals surface area contributed by atoms with Crippen LogP contribution in [0, 0.1) is 0 Å². The molecule has 19 heavy (non-hydrogen) atoms. The van der Waals surface area contributed by atoms with Crippen molar-refractivity contribution >= 4 is 33.5 Å². The Bertz CT molecular complexity index is 803. The van der Waals surface area contributed by atoms with E-state index in [9.17, 15) is 4.79 Å². The van der Waals surface area contributed by atoms with Gasteiger partial charge in [-0.15, -0.1) is 0 Å². The van der Waals surface area contributed by atoms with Gasteiger partial charge in [0.1, 0.15) is 0 Å². The number of carbonyl (C=O) groups is 1. The maximum absolute atomic E-state index is 11.6. The van der Waals surface area contributed by atoms with E-state index in [0.717, 1.165) is 21.8 Å². The molecule has 0 aliphatic carbocycles. The predicted molar refractivity (Wildman–Crippen MR) is 76.2 cm³/mol. The molecule has 0 radical (unpaired) electrons. The van der Waals surface area contributed by atoms with Crippen molar-refractivity contribution in [2.24, 2.45) is 7.05 Å². The summed E-state index contributed by atoms with van der Waals surface area (Å²) in [5, 5.41) is 2.05. The van der Waals surface area contributed by atoms with Crippen LogP contribution in [0.4, 0.5) is 5.69 Å². The van der Waals surface area contributed by atoms with Crippen molar-refractivity contribution in [1.82, 2.24) is 4.57 Å². The first-order valence-corrected chi connectivity index (χ1v) is 5.98. The van der Waals surface area contributed by atoms with Crippen molar-refractivity contribution in [3.8, 4) is 0 Å². The number of aromatic nitrogens is 1. The number of fused-ring (bicyclic) bond motifs is 3. The number of nitrogen functional groups attached to an aromatic ring is 1. The summed E-state index contributed by atoms with van der Waals surface area (Å²) in [7, 11) is 3.38. The quantitative estimate of drug-likeness (QED) is 0.536. The average molecular weight is 254 g/mol. The molecule has 0 atom stereocenters. The first-order valence-electron chi connectivity index (χ1n) is 5.98. The summed E-state index contributed by atoms with van der Waals surface area (Å²) in [5.74, 6) is -0.331. The fourth-order valence-corrected chi connectivity index (χ4v) is 2.48. The van der Waals surface area contributed by atoms with Crippen molar-refractivity contribution in [1.29, 1.82) is 0 Å². The number of methoxy groups -OCH3 is 1. The van der Waals surface area contributed by atoms with Crippen LogP contribution in [0.5, 0.6) is 0 Å². The summed E-state index contributed by atoms with van der Waals surface area (Å²) >= 11 is 0. The predicted octanol–water partition coefficient (Wildman–Crippen LogP) is 2.70. The Morgan fingerprint density at radius 2 is 1.74 bits per heavy atom. The SMILES string of the molecule is COC(=O)c1ccc2c(c1)c1cc(N)ccc1n2C. The van der Waals surface area contributed by atoms with Gasteiger partial charge in [-0.2, -0.15) is 0 Å². The molecule has 1 heterocycles. The zero-order valence-electron chi connectivity index (χ0n) is 10.8. The first kappa shape index (κ1) is 11.6. The second kappa shape index (κ2) is 4.02. The van der Waals surface area contributed by atoms with Gasteiger partial charge in [-0.05, 0) is 36.4 Å². The van der Waals surface area contributed by atoms with Gasteiger partial charge in [-0.1, -0.05) is 0 Å². The van der Waals surface area contributed by atoms with Gasteiger partial charge in [0.2, 0.25) is 0 Å². The number of carbonyl (C=O) groups excluding carboxylic acids is 1. The lowest BCUT2D eigenvalue weighted by Crippen LogP contribution is -2.00. The number of rotatable bonds is 1. The molecule has 4 heteroatoms. The van der Waals surface area contributed by atoms with Gasteiger partial charge in [-0.3, -0.25) is 0 Å². The third-order valence-corrected chi connectivity index (χ3v) is 3.45. The van der Waals surface area contributed by atoms with Crippen LogP contribution in [0.1, 0.15) is 10.4 Å². The Labute approximate surface area is 110 Å². The minimum atomic E-state index is -0.331. The van der Waals surface area contributed by atoms with Crippen LogP contribution in [0.15, 0.2) is 36.4 Å². The maximum Gasteiger partial charge on any atom is 0.337 e. The molecule has 4 nitrogen and oxygen atoms in total. The van der Waals surface area contributed by atoms with Crippen molar-refractivity contribution in [2.45, 2.75) is 0 Å². The van der Waals surface area contributed by atoms with E-state index in [1.54, 1.807) is 6.07 Å². The van der Waals surface area contributed by atoms with E-state index < -0.39 is 0 Å². The van der Waals surface area contributed by atoms with Crippen molar-refractivity contribution in [3.05, 3.63) is 42.0 Å². The molecule has 0 bridgehead atoms. The van der Waals surface area contributed by atoms with E-state index in [1.807, 2.05) is 37.4 Å². The summed E-state index contributed by atoms with van der Waals surface area (Å²) in [6.45, 7) is 0. The number of nitrogens with zero attached hydrogens (tertiary/aromatic N) is 1. The zero-order valence-corrected chi connectivity index (χ0v) is 10.8. The smallest absolute Gasteiger partial charge is 0.337 e. The largest absolute Gasteiger partial charge is 0.465 e. The Balaban J connectivity index is 2.41. The third kappa shape index (κ3) is 1.64. The van der Waals surface area contributed by atoms with Crippen LogP contribution in [-0.2, 0) is 11.8 Å². The molecular weight excluding hydrogens is 240 g/mol. The second-order valence-electron chi connectivity index (χ2n) is 4.56. The highest BCUT2D eigenvalue weighted by Gasteiger charge is 2.12. The van der Waals surface area contributed by atoms with Gasteiger partial charge in [0.15, 0.2) is 0 Å². The highest BCUT2D eigenvalue weighted by Crippen LogP contribution is 2.30. The fraction of sp³-hybridized carbons (Fsp3) is 0.133. The number of ether oxygens (including phenoxy) is 1. The number of anilines is 1. The highest BCUT2D eigenvalue weighted by atomic mass is 16.5. The van der Waals surface area contributed by atoms with Gasteiger partial charge in [0, 0.05) is 34.5 Å². The van der Waals surface area contributed by atoms with E-state index in [1.165, 1.54) is 7.11 Å². The zero-order chi connectivity index (χ0) is 13.6. The van der Waals surface area contributed by atoms with Gasteiger partial charge in [0.25, 0.3) is 0 Å². The monoisotopic (exact) mass is 254 g/mol. The molecule has 0 fully saturated rings. The van der Waals surface area contributed by atoms with Gasteiger partial charge in [-0.25, -0.2) is 4.79 Å². The molecule has 3 rings (SSSR count). The van der Waals surface area contributed by atoms with Crippen molar-refractivity contribution in [3.63, 3.8) is 0 Å². The van der Waals surface area contributed by atoms with Crippen LogP contribution in [-0.4, -0.2) is 17.6 Å². The Hall–Kier alpha value is -2.49. The number of hydrogen-bond donors (Lipinski definition) is 1. The van der Waals surface area contributed by atoms with Gasteiger partial charge in [0.05, 0.1) is 12.7 Å². The number of nitrogens with two attached hydrogens (primary N) is 1. The molecule has 0 amide bonds. The average Bonchev–Trinajstić information content (AvgIpc) is 2.70. The first-order chi connectivity index (χ1) is 9.11. The van der Waals surface area contributed by atoms with Crippen LogP contribution >= 0.6 is 0 Å². The lowest BCUT2D eigenvalue weighted by Gasteiger charge is -2.00. The molecule has 0 aliphatic rings. The Morgan fingerprint density at radius 1 is 1.11 bits per heavy atom. The Morgan fingerprint density at radius 3 is 2.42 bits per heavy atom. The third-order valence-electron chi connectivity index (χ3n) is 3.45. The molecule has 2 aromatic carbocycles. The maximum atomic E-state index is 11.6. The molecular formula is C15H14N2O2. The highest BCUT2D eigenvalue weighted by molar-refractivity contribution is 6.10. The summed E-state index contributed by atoms with van der Waals surface area (Å²) in [6, 6.07) is 11.3. The molecule has 0 aliphatic heterocycles. The van der Waals surface area contributed by atoms with E-state index >= 15 is 0 Å². The van der Waals surface area contributed by atoms with Crippen LogP contribution < -0.4 is 5.73 Å². The van der Waals surface area contributed by atoms with E-state index in [2.05, 4.69) is 4.57 Å². The minimum absolute atomic E-state index is 0.331. The lowest BCUT2D eigenvalue weighted by molar-refractivity contribution is 0.0601. The van der Waals surface area contributed by atoms with Crippen molar-refractivity contribution in [2.75, 3.05) is 12.8 Å². The van der Waals surface area contributed by atoms with E-state index in [-0.39, 0.29) is 5.97 Å². The van der Waals surface area contributed by atoms with Gasteiger partial charge >= 0.3 is 5.97 Å². The molecule has 2 N–H and O–H groups in total. The summed E-state index contributed by atoms with van der Waals surface area (Å²) < 4.78 is 6.85. The number of esters is 1. The molecule has 0 saturated heterocycles. The van der Waals surface area contributed by atoms with Crippen LogP contribution in [0.25, 0.3) is 21.8 Å². The molecule has 0 spiro atoms. The summed E-state index contributed by atoms with van der Waals surface area (Å²) in [5.41, 5.74) is 9.26. The number of aryl methyl sites for hydroxylation is 1. The molecule has 0 unspecified atom stereocenters. The Kier molecular flexibility index (Phi) is 2.45. The number of hydrogen-bond acceptors (Lipinski definition) is 3. The summed E-state index contributed by atoms with van der Waals surface area (Å²) in [6.07, 6.45) is 0. The van der Waals surface area contributed by atoms with Crippen LogP contribution in [0.3, 0.4) is 0 Å². The van der Waals surface area contributed by atoms with E-state index in [0.29, 0.717) is 11.3 Å². The second-order valence-corrected chi connectivity index (χ2v) is 4.56. The lowest BCUT2D eigenvalue weighted by atomic mass is 10.1. The summed E-state index contributed by atoms with van der Waals surface area (Å²) in [4.78, 5) is 11.6. The van der Waals surface area contributed by atoms with Gasteiger partial charge < -0.3 is 15.0 Å². The minimum Gasteiger partial charge on any atom is -0.465 e. The topological polar surface area (TPSA) is 57.2 Å². The molecule has 96 valence electrons. The normalized spacial score (nSPS) is 11.1. The molecule has 1 aromatic heterocycles.